The maximum Gasteiger partial charge on any atom is 0.290 e. The molecule has 288 valence electrons. The van der Waals surface area contributed by atoms with Crippen molar-refractivity contribution in [3.8, 4) is 22.4 Å². The number of hydrogen-bond acceptors (Lipinski definition) is 5. The van der Waals surface area contributed by atoms with Gasteiger partial charge in [0.1, 0.15) is 29.6 Å². The van der Waals surface area contributed by atoms with E-state index in [0.717, 1.165) is 23.3 Å². The van der Waals surface area contributed by atoms with Gasteiger partial charge in [-0.25, -0.2) is 26.3 Å². The maximum absolute atomic E-state index is 15.2. The Morgan fingerprint density at radius 1 is 0.750 bits per heavy atom. The second-order valence-electron chi connectivity index (χ2n) is 14.1. The van der Waals surface area contributed by atoms with Gasteiger partial charge < -0.3 is 10.6 Å². The van der Waals surface area contributed by atoms with Crippen molar-refractivity contribution in [1.82, 2.24) is 25.4 Å². The maximum atomic E-state index is 15.2. The van der Waals surface area contributed by atoms with Gasteiger partial charge >= 0.3 is 0 Å². The fraction of sp³-hybridized carbons (Fsp3) is 0.275. The quantitative estimate of drug-likeness (QED) is 0.139. The standard InChI is InChI=1S/C40H29F8N5O3/c41-25-10-19(11-26(42)15-25)9-24(12-27(54)18-53-35-32(34(52-53)36(43)44)39(45,46)7-8-40(35,47)48)33-28(20-1-3-22-16-49-37(55)29(22)13-20)5-6-31(51-33)21-2-4-23-17-50-38(56)30(23)14-21/h1-6,10-11,13-15,24,36H,7-9,12,16-18H2,(H,49,55)(H,50,56)/t24-/m1/s1. The van der Waals surface area contributed by atoms with Crippen LogP contribution >= 0.6 is 0 Å². The van der Waals surface area contributed by atoms with Crippen molar-refractivity contribution in [2.45, 2.75) is 69.5 Å². The molecule has 1 aliphatic carbocycles. The number of halogens is 8. The summed E-state index contributed by atoms with van der Waals surface area (Å²) in [7, 11) is 0. The molecule has 3 aliphatic rings. The van der Waals surface area contributed by atoms with Crippen molar-refractivity contribution in [1.29, 1.82) is 0 Å². The molecule has 2 aromatic heterocycles. The van der Waals surface area contributed by atoms with Crippen LogP contribution in [0.1, 0.15) is 91.7 Å². The lowest BCUT2D eigenvalue weighted by Gasteiger charge is -2.29. The number of fused-ring (bicyclic) bond motifs is 3. The van der Waals surface area contributed by atoms with Gasteiger partial charge in [0.2, 0.25) is 0 Å². The molecule has 0 fully saturated rings. The molecule has 5 aromatic rings. The van der Waals surface area contributed by atoms with Gasteiger partial charge in [0, 0.05) is 66.6 Å². The van der Waals surface area contributed by atoms with Crippen molar-refractivity contribution in [3.05, 3.63) is 129 Å². The van der Waals surface area contributed by atoms with Gasteiger partial charge in [-0.2, -0.15) is 13.9 Å². The Kier molecular flexibility index (Phi) is 9.04. The number of hydrogen-bond donors (Lipinski definition) is 2. The van der Waals surface area contributed by atoms with Crippen LogP contribution in [0.25, 0.3) is 22.4 Å². The van der Waals surface area contributed by atoms with Crippen molar-refractivity contribution < 1.29 is 49.5 Å². The number of ketones is 1. The summed E-state index contributed by atoms with van der Waals surface area (Å²) in [6.07, 6.45) is -7.30. The number of Topliss-reactive ketones (excluding diaryl/α,β-unsaturated/α-hetero) is 1. The molecular weight excluding hydrogens is 750 g/mol. The van der Waals surface area contributed by atoms with E-state index in [1.165, 1.54) is 0 Å². The highest BCUT2D eigenvalue weighted by atomic mass is 19.3. The van der Waals surface area contributed by atoms with Crippen molar-refractivity contribution >= 4 is 17.6 Å². The van der Waals surface area contributed by atoms with E-state index in [9.17, 15) is 40.7 Å². The number of rotatable bonds is 10. The summed E-state index contributed by atoms with van der Waals surface area (Å²) in [4.78, 5) is 44.0. The largest absolute Gasteiger partial charge is 0.348 e. The zero-order valence-electron chi connectivity index (χ0n) is 29.0. The smallest absolute Gasteiger partial charge is 0.290 e. The molecule has 3 aromatic carbocycles. The fourth-order valence-electron chi connectivity index (χ4n) is 7.77. The minimum Gasteiger partial charge on any atom is -0.348 e. The van der Waals surface area contributed by atoms with Crippen LogP contribution in [0.4, 0.5) is 35.1 Å². The highest BCUT2D eigenvalue weighted by Gasteiger charge is 2.55. The topological polar surface area (TPSA) is 106 Å². The molecule has 0 spiro atoms. The Morgan fingerprint density at radius 3 is 2.00 bits per heavy atom. The number of nitrogens with zero attached hydrogens (tertiary/aromatic N) is 3. The summed E-state index contributed by atoms with van der Waals surface area (Å²) < 4.78 is 117. The van der Waals surface area contributed by atoms with Crippen LogP contribution in [0.5, 0.6) is 0 Å². The molecule has 1 atom stereocenters. The van der Waals surface area contributed by atoms with Crippen LogP contribution < -0.4 is 10.6 Å². The van der Waals surface area contributed by atoms with E-state index in [0.29, 0.717) is 52.7 Å². The predicted molar refractivity (Wildman–Crippen MR) is 184 cm³/mol. The van der Waals surface area contributed by atoms with Gasteiger partial charge in [-0.1, -0.05) is 30.3 Å². The monoisotopic (exact) mass is 779 g/mol. The van der Waals surface area contributed by atoms with Crippen molar-refractivity contribution in [3.63, 3.8) is 0 Å². The molecule has 56 heavy (non-hydrogen) atoms. The predicted octanol–water partition coefficient (Wildman–Crippen LogP) is 8.28. The van der Waals surface area contributed by atoms with E-state index in [4.69, 9.17) is 4.98 Å². The van der Waals surface area contributed by atoms with Gasteiger partial charge in [0.15, 0.2) is 5.78 Å². The van der Waals surface area contributed by atoms with Crippen LogP contribution in [0.3, 0.4) is 0 Å². The number of carbonyl (C=O) groups excluding carboxylic acids is 3. The van der Waals surface area contributed by atoms with E-state index in [1.807, 2.05) is 0 Å². The number of aromatic nitrogens is 3. The summed E-state index contributed by atoms with van der Waals surface area (Å²) in [5.74, 6) is -12.6. The van der Waals surface area contributed by atoms with Crippen LogP contribution in [0, 0.1) is 11.6 Å². The molecular formula is C40H29F8N5O3. The number of nitrogens with one attached hydrogen (secondary N) is 2. The first-order valence-corrected chi connectivity index (χ1v) is 17.5. The normalized spacial score (nSPS) is 16.9. The minimum atomic E-state index is -4.06. The average molecular weight is 780 g/mol. The van der Waals surface area contributed by atoms with E-state index >= 15 is 8.78 Å². The molecule has 8 nitrogen and oxygen atoms in total. The van der Waals surface area contributed by atoms with E-state index in [1.54, 1.807) is 48.5 Å². The molecule has 2 amide bonds. The highest BCUT2D eigenvalue weighted by Crippen LogP contribution is 2.52. The molecule has 16 heteroatoms. The van der Waals surface area contributed by atoms with E-state index < -0.39 is 84.4 Å². The molecule has 0 unspecified atom stereocenters. The Morgan fingerprint density at radius 2 is 1.36 bits per heavy atom. The van der Waals surface area contributed by atoms with E-state index in [-0.39, 0.29) is 34.2 Å². The highest BCUT2D eigenvalue weighted by molar-refractivity contribution is 6.00. The van der Waals surface area contributed by atoms with Gasteiger partial charge in [-0.05, 0) is 59.0 Å². The van der Waals surface area contributed by atoms with Gasteiger partial charge in [-0.15, -0.1) is 0 Å². The summed E-state index contributed by atoms with van der Waals surface area (Å²) >= 11 is 0. The number of carbonyl (C=O) groups is 3. The third-order valence-electron chi connectivity index (χ3n) is 10.4. The molecule has 8 rings (SSSR count). The lowest BCUT2D eigenvalue weighted by molar-refractivity contribution is -0.121. The molecule has 0 saturated carbocycles. The Balaban J connectivity index is 1.25. The van der Waals surface area contributed by atoms with E-state index in [2.05, 4.69) is 15.7 Å². The first kappa shape index (κ1) is 37.0. The first-order chi connectivity index (χ1) is 26.6. The number of pyridine rings is 1. The third-order valence-corrected chi connectivity index (χ3v) is 10.4. The summed E-state index contributed by atoms with van der Waals surface area (Å²) in [6.45, 7) is -0.487. The zero-order chi connectivity index (χ0) is 39.7. The lowest BCUT2D eigenvalue weighted by atomic mass is 9.85. The van der Waals surface area contributed by atoms with Crippen molar-refractivity contribution in [2.24, 2.45) is 0 Å². The molecule has 2 aliphatic heterocycles. The second-order valence-corrected chi connectivity index (χ2v) is 14.1. The van der Waals surface area contributed by atoms with Crippen LogP contribution in [-0.2, 0) is 42.7 Å². The number of benzene rings is 3. The van der Waals surface area contributed by atoms with Gasteiger partial charge in [-0.3, -0.25) is 24.0 Å². The molecule has 0 saturated heterocycles. The van der Waals surface area contributed by atoms with Crippen molar-refractivity contribution in [2.75, 3.05) is 0 Å². The molecule has 0 radical (unpaired) electrons. The second kappa shape index (κ2) is 13.7. The average Bonchev–Trinajstić information content (AvgIpc) is 3.84. The SMILES string of the molecule is O=C(C[C@@H](Cc1cc(F)cc(F)c1)c1nc(-c2ccc3c(c2)C(=O)NC3)ccc1-c1ccc2c(c1)C(=O)NC2)Cn1nc(C(F)F)c2c1C(F)(F)CCC2(F)F. The Hall–Kier alpha value is -5.93. The van der Waals surface area contributed by atoms with Gasteiger partial charge in [0.25, 0.3) is 30.1 Å². The third kappa shape index (κ3) is 6.70. The summed E-state index contributed by atoms with van der Waals surface area (Å²) in [6, 6.07) is 16.2. The zero-order valence-corrected chi connectivity index (χ0v) is 29.0. The Bertz CT molecular complexity index is 2440. The lowest BCUT2D eigenvalue weighted by Crippen LogP contribution is -2.33. The van der Waals surface area contributed by atoms with Crippen LogP contribution in [-0.4, -0.2) is 32.4 Å². The minimum absolute atomic E-state index is 0.0728. The fourth-order valence-corrected chi connectivity index (χ4v) is 7.77. The molecule has 0 bridgehead atoms. The first-order valence-electron chi connectivity index (χ1n) is 17.5. The number of alkyl halides is 6. The molecule has 2 N–H and O–H groups in total. The Labute approximate surface area is 312 Å². The molecule has 4 heterocycles. The van der Waals surface area contributed by atoms with Gasteiger partial charge in [0.05, 0.1) is 17.0 Å². The number of amides is 2. The summed E-state index contributed by atoms with van der Waals surface area (Å²) in [5.41, 5.74) is -0.478. The van der Waals surface area contributed by atoms with Crippen LogP contribution in [0.15, 0.2) is 66.7 Å². The van der Waals surface area contributed by atoms with Crippen LogP contribution in [0.2, 0.25) is 0 Å². The summed E-state index contributed by atoms with van der Waals surface area (Å²) in [5, 5.41) is 8.87.